The van der Waals surface area contributed by atoms with Crippen LogP contribution in [0.4, 0.5) is 0 Å². The van der Waals surface area contributed by atoms with Crippen LogP contribution < -0.4 is 5.73 Å². The highest BCUT2D eigenvalue weighted by Crippen LogP contribution is 2.40. The molecule has 0 bridgehead atoms. The van der Waals surface area contributed by atoms with Crippen LogP contribution in [0.1, 0.15) is 12.0 Å². The zero-order valence-corrected chi connectivity index (χ0v) is 10.5. The summed E-state index contributed by atoms with van der Waals surface area (Å²) in [5, 5.41) is 0. The minimum absolute atomic E-state index is 0.335. The average molecular weight is 261 g/mol. The van der Waals surface area contributed by atoms with E-state index in [1.807, 2.05) is 30.3 Å². The van der Waals surface area contributed by atoms with Crippen molar-refractivity contribution in [1.29, 1.82) is 0 Å². The van der Waals surface area contributed by atoms with Crippen LogP contribution in [0, 0.1) is 0 Å². The fourth-order valence-corrected chi connectivity index (χ4v) is 2.77. The van der Waals surface area contributed by atoms with Gasteiger partial charge in [0.25, 0.3) is 0 Å². The molecule has 1 aromatic carbocycles. The molecule has 0 fully saturated rings. The van der Waals surface area contributed by atoms with E-state index in [4.69, 9.17) is 15.5 Å². The Kier molecular flexibility index (Phi) is 5.52. The van der Waals surface area contributed by atoms with Crippen LogP contribution in [0.3, 0.4) is 0 Å². The SMILES string of the molecule is NC(CCSCc1ccccc1)P(=O)(O)O. The largest absolute Gasteiger partial charge is 0.342 e. The maximum Gasteiger partial charge on any atom is 0.342 e. The van der Waals surface area contributed by atoms with Crippen LogP contribution in [0.2, 0.25) is 0 Å². The monoisotopic (exact) mass is 261 g/mol. The molecule has 0 saturated carbocycles. The van der Waals surface area contributed by atoms with Crippen molar-refractivity contribution in [2.24, 2.45) is 5.73 Å². The number of benzene rings is 1. The Morgan fingerprint density at radius 3 is 2.50 bits per heavy atom. The number of nitrogens with two attached hydrogens (primary N) is 1. The Morgan fingerprint density at radius 1 is 1.31 bits per heavy atom. The van der Waals surface area contributed by atoms with Crippen LogP contribution >= 0.6 is 19.4 Å². The summed E-state index contributed by atoms with van der Waals surface area (Å²) in [6.07, 6.45) is 0.335. The first-order chi connectivity index (χ1) is 7.50. The smallest absolute Gasteiger partial charge is 0.323 e. The Hall–Kier alpha value is -0.320. The number of hydrogen-bond donors (Lipinski definition) is 3. The maximum absolute atomic E-state index is 10.8. The van der Waals surface area contributed by atoms with Gasteiger partial charge in [0.05, 0.1) is 0 Å². The molecule has 90 valence electrons. The molecule has 16 heavy (non-hydrogen) atoms. The van der Waals surface area contributed by atoms with Gasteiger partial charge in [-0.25, -0.2) is 0 Å². The zero-order chi connectivity index (χ0) is 12.0. The Bertz CT molecular complexity index is 354. The summed E-state index contributed by atoms with van der Waals surface area (Å²) >= 11 is 1.63. The Morgan fingerprint density at radius 2 is 1.94 bits per heavy atom. The van der Waals surface area contributed by atoms with E-state index in [9.17, 15) is 4.57 Å². The first-order valence-electron chi connectivity index (χ1n) is 4.92. The van der Waals surface area contributed by atoms with Gasteiger partial charge in [0.15, 0.2) is 0 Å². The predicted octanol–water partition coefficient (Wildman–Crippen LogP) is 1.77. The van der Waals surface area contributed by atoms with E-state index in [1.54, 1.807) is 11.8 Å². The van der Waals surface area contributed by atoms with Gasteiger partial charge in [-0.05, 0) is 17.7 Å². The van der Waals surface area contributed by atoms with Crippen molar-refractivity contribution in [2.75, 3.05) is 5.75 Å². The first-order valence-corrected chi connectivity index (χ1v) is 7.76. The summed E-state index contributed by atoms with van der Waals surface area (Å²) in [6, 6.07) is 9.94. The molecule has 4 nitrogen and oxygen atoms in total. The van der Waals surface area contributed by atoms with E-state index in [0.29, 0.717) is 12.2 Å². The quantitative estimate of drug-likeness (QED) is 0.537. The summed E-state index contributed by atoms with van der Waals surface area (Å²) in [5.74, 6) is 0.464. The van der Waals surface area contributed by atoms with Gasteiger partial charge in [-0.3, -0.25) is 4.57 Å². The van der Waals surface area contributed by atoms with Crippen LogP contribution in [0.5, 0.6) is 0 Å². The van der Waals surface area contributed by atoms with Crippen LogP contribution in [0.15, 0.2) is 30.3 Å². The summed E-state index contributed by atoms with van der Waals surface area (Å²) < 4.78 is 10.8. The molecule has 1 atom stereocenters. The zero-order valence-electron chi connectivity index (χ0n) is 8.82. The molecule has 0 aromatic heterocycles. The molecular formula is C10H16NO3PS. The van der Waals surface area contributed by atoms with Crippen molar-refractivity contribution < 1.29 is 14.4 Å². The average Bonchev–Trinajstić information content (AvgIpc) is 2.24. The van der Waals surface area contributed by atoms with Gasteiger partial charge in [-0.1, -0.05) is 30.3 Å². The predicted molar refractivity (Wildman–Crippen MR) is 67.2 cm³/mol. The Balaban J connectivity index is 2.20. The van der Waals surface area contributed by atoms with E-state index in [2.05, 4.69) is 0 Å². The lowest BCUT2D eigenvalue weighted by atomic mass is 10.2. The third-order valence-corrected chi connectivity index (χ3v) is 4.29. The summed E-state index contributed by atoms with van der Waals surface area (Å²) in [4.78, 5) is 17.6. The Labute approximate surface area is 99.4 Å². The molecule has 0 radical (unpaired) electrons. The molecule has 0 aliphatic rings. The second-order valence-electron chi connectivity index (χ2n) is 3.48. The molecule has 6 heteroatoms. The highest BCUT2D eigenvalue weighted by atomic mass is 32.2. The molecule has 0 amide bonds. The highest BCUT2D eigenvalue weighted by molar-refractivity contribution is 7.98. The topological polar surface area (TPSA) is 83.6 Å². The van der Waals surface area contributed by atoms with Crippen LogP contribution in [-0.2, 0) is 10.3 Å². The van der Waals surface area contributed by atoms with Gasteiger partial charge in [0.1, 0.15) is 5.78 Å². The highest BCUT2D eigenvalue weighted by Gasteiger charge is 2.23. The van der Waals surface area contributed by atoms with Gasteiger partial charge in [0.2, 0.25) is 0 Å². The fourth-order valence-electron chi connectivity index (χ4n) is 1.14. The summed E-state index contributed by atoms with van der Waals surface area (Å²) in [5.41, 5.74) is 6.56. The van der Waals surface area contributed by atoms with Crippen LogP contribution in [0.25, 0.3) is 0 Å². The second kappa shape index (κ2) is 6.42. The van der Waals surface area contributed by atoms with E-state index < -0.39 is 13.4 Å². The van der Waals surface area contributed by atoms with Crippen molar-refractivity contribution >= 4 is 19.4 Å². The van der Waals surface area contributed by atoms with Crippen LogP contribution in [-0.4, -0.2) is 21.3 Å². The molecule has 0 aliphatic heterocycles. The van der Waals surface area contributed by atoms with E-state index in [1.165, 1.54) is 5.56 Å². The lowest BCUT2D eigenvalue weighted by molar-refractivity contribution is 0.357. The molecule has 0 aliphatic carbocycles. The molecule has 1 unspecified atom stereocenters. The van der Waals surface area contributed by atoms with Crippen molar-refractivity contribution in [2.45, 2.75) is 18.0 Å². The van der Waals surface area contributed by atoms with E-state index >= 15 is 0 Å². The molecule has 1 aromatic rings. The molecule has 0 heterocycles. The second-order valence-corrected chi connectivity index (χ2v) is 6.43. The van der Waals surface area contributed by atoms with E-state index in [0.717, 1.165) is 5.75 Å². The molecule has 4 N–H and O–H groups in total. The van der Waals surface area contributed by atoms with Gasteiger partial charge in [-0.15, -0.1) is 0 Å². The molecule has 1 rings (SSSR count). The minimum Gasteiger partial charge on any atom is -0.323 e. The van der Waals surface area contributed by atoms with Gasteiger partial charge in [0, 0.05) is 5.75 Å². The van der Waals surface area contributed by atoms with Crippen molar-refractivity contribution in [3.05, 3.63) is 35.9 Å². The summed E-state index contributed by atoms with van der Waals surface area (Å²) in [6.45, 7) is 0. The molecule has 0 saturated heterocycles. The lowest BCUT2D eigenvalue weighted by Crippen LogP contribution is -2.20. The number of rotatable bonds is 6. The minimum atomic E-state index is -4.10. The normalized spacial score (nSPS) is 13.7. The third kappa shape index (κ3) is 5.14. The van der Waals surface area contributed by atoms with Crippen molar-refractivity contribution in [1.82, 2.24) is 0 Å². The third-order valence-electron chi connectivity index (χ3n) is 2.10. The van der Waals surface area contributed by atoms with Gasteiger partial charge in [-0.2, -0.15) is 11.8 Å². The molecular weight excluding hydrogens is 245 g/mol. The lowest BCUT2D eigenvalue weighted by Gasteiger charge is -2.12. The number of thioether (sulfide) groups is 1. The van der Waals surface area contributed by atoms with Crippen molar-refractivity contribution in [3.63, 3.8) is 0 Å². The summed E-state index contributed by atoms with van der Waals surface area (Å²) in [7, 11) is -4.10. The van der Waals surface area contributed by atoms with E-state index in [-0.39, 0.29) is 0 Å². The maximum atomic E-state index is 10.8. The fraction of sp³-hybridized carbons (Fsp3) is 0.400. The van der Waals surface area contributed by atoms with Crippen molar-refractivity contribution in [3.8, 4) is 0 Å². The molecule has 0 spiro atoms. The standard InChI is InChI=1S/C10H16NO3PS/c11-10(15(12,13)14)6-7-16-8-9-4-2-1-3-5-9/h1-5,10H,6-8,11H2,(H2,12,13,14). The van der Waals surface area contributed by atoms with Gasteiger partial charge >= 0.3 is 7.60 Å². The van der Waals surface area contributed by atoms with Gasteiger partial charge < -0.3 is 15.5 Å². The number of hydrogen-bond acceptors (Lipinski definition) is 3. The first kappa shape index (κ1) is 13.7.